The molecule has 0 saturated carbocycles. The number of fused-ring (bicyclic) bond motifs is 2. The average Bonchev–Trinajstić information content (AvgIpc) is 3.10. The minimum Gasteiger partial charge on any atom is -0.494 e. The fourth-order valence-corrected chi connectivity index (χ4v) is 4.11. The molecule has 6 heteroatoms. The normalized spacial score (nSPS) is 16.4. The number of esters is 1. The lowest BCUT2D eigenvalue weighted by molar-refractivity contribution is -0.130. The Balaban J connectivity index is 1.45. The van der Waals surface area contributed by atoms with Crippen molar-refractivity contribution in [1.82, 2.24) is 5.32 Å². The van der Waals surface area contributed by atoms with E-state index in [1.807, 2.05) is 31.2 Å². The van der Waals surface area contributed by atoms with Crippen molar-refractivity contribution >= 4 is 22.8 Å². The zero-order valence-electron chi connectivity index (χ0n) is 18.1. The Morgan fingerprint density at radius 2 is 2.03 bits per heavy atom. The maximum atomic E-state index is 12.7. The molecule has 6 nitrogen and oxygen atoms in total. The number of hydrogen-bond donors (Lipinski definition) is 1. The summed E-state index contributed by atoms with van der Waals surface area (Å²) in [7, 11) is 0. The second-order valence-corrected chi connectivity index (χ2v) is 7.85. The maximum Gasteiger partial charge on any atom is 0.375 e. The monoisotopic (exact) mass is 421 g/mol. The van der Waals surface area contributed by atoms with Crippen LogP contribution in [0.4, 0.5) is 0 Å². The molecular weight excluding hydrogens is 394 g/mol. The van der Waals surface area contributed by atoms with Crippen molar-refractivity contribution < 1.29 is 23.5 Å². The van der Waals surface area contributed by atoms with Crippen LogP contribution in [0.1, 0.15) is 60.0 Å². The Bertz CT molecular complexity index is 1120. The van der Waals surface area contributed by atoms with Gasteiger partial charge in [-0.25, -0.2) is 4.79 Å². The number of rotatable bonds is 6. The third-order valence-electron chi connectivity index (χ3n) is 5.74. The summed E-state index contributed by atoms with van der Waals surface area (Å²) in [6.07, 6.45) is 1.96. The van der Waals surface area contributed by atoms with Gasteiger partial charge in [-0.15, -0.1) is 0 Å². The molecule has 0 bridgehead atoms. The highest BCUT2D eigenvalue weighted by Crippen LogP contribution is 2.31. The van der Waals surface area contributed by atoms with Crippen LogP contribution in [-0.4, -0.2) is 24.6 Å². The van der Waals surface area contributed by atoms with E-state index in [1.54, 1.807) is 26.0 Å². The maximum absolute atomic E-state index is 12.7. The summed E-state index contributed by atoms with van der Waals surface area (Å²) in [4.78, 5) is 25.5. The van der Waals surface area contributed by atoms with Crippen molar-refractivity contribution in [1.29, 1.82) is 0 Å². The van der Waals surface area contributed by atoms with Gasteiger partial charge in [0.2, 0.25) is 5.76 Å². The number of ether oxygens (including phenoxy) is 2. The lowest BCUT2D eigenvalue weighted by atomic mass is 9.87. The number of aryl methyl sites for hydroxylation is 2. The molecule has 0 aliphatic heterocycles. The molecule has 3 aromatic rings. The third kappa shape index (κ3) is 4.29. The minimum absolute atomic E-state index is 0.0662. The van der Waals surface area contributed by atoms with E-state index in [2.05, 4.69) is 11.4 Å². The van der Waals surface area contributed by atoms with Crippen molar-refractivity contribution in [2.45, 2.75) is 52.2 Å². The molecule has 0 radical (unpaired) electrons. The van der Waals surface area contributed by atoms with Gasteiger partial charge in [0.1, 0.15) is 11.3 Å². The molecule has 4 rings (SSSR count). The van der Waals surface area contributed by atoms with Gasteiger partial charge in [-0.05, 0) is 69.4 Å². The van der Waals surface area contributed by atoms with Crippen LogP contribution in [0.15, 0.2) is 46.9 Å². The van der Waals surface area contributed by atoms with Gasteiger partial charge in [0.15, 0.2) is 6.10 Å². The second-order valence-electron chi connectivity index (χ2n) is 7.85. The molecule has 0 spiro atoms. The summed E-state index contributed by atoms with van der Waals surface area (Å²) in [6, 6.07) is 13.5. The first-order valence-corrected chi connectivity index (χ1v) is 10.7. The number of carbonyl (C=O) groups is 2. The molecule has 0 fully saturated rings. The first kappa shape index (κ1) is 21.0. The summed E-state index contributed by atoms with van der Waals surface area (Å²) < 4.78 is 16.7. The van der Waals surface area contributed by atoms with Gasteiger partial charge in [0.05, 0.1) is 12.6 Å². The average molecular weight is 421 g/mol. The fraction of sp³-hybridized carbons (Fsp3) is 0.360. The molecule has 2 aromatic carbocycles. The van der Waals surface area contributed by atoms with Crippen LogP contribution in [0.2, 0.25) is 0 Å². The topological polar surface area (TPSA) is 77.8 Å². The molecule has 1 N–H and O–H groups in total. The largest absolute Gasteiger partial charge is 0.494 e. The Hall–Kier alpha value is -3.28. The smallest absolute Gasteiger partial charge is 0.375 e. The Morgan fingerprint density at radius 3 is 2.84 bits per heavy atom. The first-order chi connectivity index (χ1) is 15.0. The Labute approximate surface area is 181 Å². The second kappa shape index (κ2) is 8.84. The van der Waals surface area contributed by atoms with Crippen LogP contribution in [0.5, 0.6) is 5.75 Å². The summed E-state index contributed by atoms with van der Waals surface area (Å²) in [5.41, 5.74) is 3.63. The van der Waals surface area contributed by atoms with Gasteiger partial charge in [0, 0.05) is 10.9 Å². The van der Waals surface area contributed by atoms with Gasteiger partial charge >= 0.3 is 5.97 Å². The van der Waals surface area contributed by atoms with E-state index in [0.717, 1.165) is 30.2 Å². The number of furan rings is 1. The van der Waals surface area contributed by atoms with Crippen LogP contribution in [0, 0.1) is 6.92 Å². The van der Waals surface area contributed by atoms with Crippen molar-refractivity contribution in [3.63, 3.8) is 0 Å². The molecule has 162 valence electrons. The van der Waals surface area contributed by atoms with Gasteiger partial charge in [-0.2, -0.15) is 0 Å². The molecule has 1 amide bonds. The van der Waals surface area contributed by atoms with Gasteiger partial charge in [-0.3, -0.25) is 4.79 Å². The van der Waals surface area contributed by atoms with Crippen LogP contribution < -0.4 is 10.1 Å². The summed E-state index contributed by atoms with van der Waals surface area (Å²) >= 11 is 0. The highest BCUT2D eigenvalue weighted by Gasteiger charge is 2.27. The molecule has 2 atom stereocenters. The molecule has 0 saturated heterocycles. The zero-order chi connectivity index (χ0) is 22.0. The predicted octanol–water partition coefficient (Wildman–Crippen LogP) is 4.88. The lowest BCUT2D eigenvalue weighted by Gasteiger charge is -2.27. The van der Waals surface area contributed by atoms with Crippen molar-refractivity contribution in [2.24, 2.45) is 0 Å². The third-order valence-corrected chi connectivity index (χ3v) is 5.74. The highest BCUT2D eigenvalue weighted by molar-refractivity contribution is 5.97. The van der Waals surface area contributed by atoms with Gasteiger partial charge < -0.3 is 19.2 Å². The first-order valence-electron chi connectivity index (χ1n) is 10.7. The summed E-state index contributed by atoms with van der Waals surface area (Å²) in [6.45, 7) is 5.83. The summed E-state index contributed by atoms with van der Waals surface area (Å²) in [5, 5.41) is 3.82. The quantitative estimate of drug-likeness (QED) is 0.574. The van der Waals surface area contributed by atoms with Crippen LogP contribution in [-0.2, 0) is 16.0 Å². The van der Waals surface area contributed by atoms with Crippen LogP contribution >= 0.6 is 0 Å². The number of nitrogens with one attached hydrogen (secondary N) is 1. The van der Waals surface area contributed by atoms with Crippen LogP contribution in [0.3, 0.4) is 0 Å². The lowest BCUT2D eigenvalue weighted by Crippen LogP contribution is -2.39. The number of carbonyl (C=O) groups excluding carboxylic acids is 2. The van der Waals surface area contributed by atoms with Crippen molar-refractivity contribution in [3.8, 4) is 5.75 Å². The van der Waals surface area contributed by atoms with E-state index in [0.29, 0.717) is 23.5 Å². The molecule has 1 aromatic heterocycles. The fourth-order valence-electron chi connectivity index (χ4n) is 4.11. The molecule has 1 aliphatic rings. The Morgan fingerprint density at radius 1 is 1.23 bits per heavy atom. The van der Waals surface area contributed by atoms with Crippen LogP contribution in [0.25, 0.3) is 11.0 Å². The number of amides is 1. The van der Waals surface area contributed by atoms with E-state index < -0.39 is 12.1 Å². The molecule has 1 heterocycles. The minimum atomic E-state index is -0.937. The number of hydrogen-bond acceptors (Lipinski definition) is 5. The van der Waals surface area contributed by atoms with Gasteiger partial charge in [0.25, 0.3) is 5.91 Å². The van der Waals surface area contributed by atoms with Crippen molar-refractivity contribution in [2.75, 3.05) is 6.61 Å². The predicted molar refractivity (Wildman–Crippen MR) is 117 cm³/mol. The molecule has 31 heavy (non-hydrogen) atoms. The van der Waals surface area contributed by atoms with E-state index in [9.17, 15) is 9.59 Å². The van der Waals surface area contributed by atoms with E-state index in [4.69, 9.17) is 13.9 Å². The SMILES string of the molecule is CCOc1ccc2oc(C(=O)OC(C)C(=O)NC3CCCc4ccccc43)c(C)c2c1. The molecular formula is C25H27NO5. The van der Waals surface area contributed by atoms with E-state index in [-0.39, 0.29) is 17.7 Å². The molecule has 1 aliphatic carbocycles. The van der Waals surface area contributed by atoms with Crippen molar-refractivity contribution in [3.05, 3.63) is 64.9 Å². The molecule has 2 unspecified atom stereocenters. The summed E-state index contributed by atoms with van der Waals surface area (Å²) in [5.74, 6) is -0.161. The Kier molecular flexibility index (Phi) is 5.98. The van der Waals surface area contributed by atoms with E-state index in [1.165, 1.54) is 5.56 Å². The standard InChI is InChI=1S/C25H27NO5/c1-4-29-18-12-13-22-20(14-18)15(2)23(31-22)25(28)30-16(3)24(27)26-21-11-7-9-17-8-5-6-10-19(17)21/h5-6,8,10,12-14,16,21H,4,7,9,11H2,1-3H3,(H,26,27). The number of benzene rings is 2. The zero-order valence-corrected chi connectivity index (χ0v) is 18.1. The van der Waals surface area contributed by atoms with E-state index >= 15 is 0 Å². The highest BCUT2D eigenvalue weighted by atomic mass is 16.6. The van der Waals surface area contributed by atoms with Gasteiger partial charge in [-0.1, -0.05) is 24.3 Å².